The highest BCUT2D eigenvalue weighted by Gasteiger charge is 2.35. The molecule has 1 N–H and O–H groups in total. The van der Waals surface area contributed by atoms with E-state index < -0.39 is 28.5 Å². The highest BCUT2D eigenvalue weighted by atomic mass is 79.9. The molecule has 0 heterocycles. The Morgan fingerprint density at radius 3 is 2.09 bits per heavy atom. The Labute approximate surface area is 287 Å². The predicted molar refractivity (Wildman–Crippen MR) is 190 cm³/mol. The number of hydrogen-bond donors (Lipinski definition) is 1. The molecule has 4 aromatic rings. The molecule has 2 amide bonds. The summed E-state index contributed by atoms with van der Waals surface area (Å²) in [5.41, 5.74) is 3.16. The molecule has 246 valence electrons. The molecular weight excluding hydrogens is 674 g/mol. The molecular formula is C38H42BrN3O4S. The Bertz CT molecular complexity index is 1730. The van der Waals surface area contributed by atoms with Crippen LogP contribution in [-0.4, -0.2) is 43.8 Å². The van der Waals surface area contributed by atoms with E-state index in [-0.39, 0.29) is 29.8 Å². The van der Waals surface area contributed by atoms with Crippen molar-refractivity contribution in [3.8, 4) is 0 Å². The first-order valence-electron chi connectivity index (χ1n) is 16.3. The normalized spacial score (nSPS) is 14.3. The average Bonchev–Trinajstić information content (AvgIpc) is 3.10. The van der Waals surface area contributed by atoms with Gasteiger partial charge >= 0.3 is 0 Å². The van der Waals surface area contributed by atoms with Gasteiger partial charge in [0.25, 0.3) is 10.0 Å². The zero-order valence-electron chi connectivity index (χ0n) is 26.7. The molecule has 0 aromatic heterocycles. The standard InChI is InChI=1S/C38H42BrN3O4S/c1-2-29-21-23-34(24-22-29)42(47(45,46)35-19-10-5-11-20-35)28-37(43)41(27-31-15-12-16-32(39)25-31)36(26-30-13-6-3-7-14-30)38(44)40-33-17-8-4-9-18-33/h3,5-7,10-16,19-25,33,36H,2,4,8-9,17-18,26-28H2,1H3,(H,40,44)/t36-/m0/s1. The summed E-state index contributed by atoms with van der Waals surface area (Å²) in [5, 5.41) is 3.25. The second-order valence-corrected chi connectivity index (χ2v) is 14.8. The Hall–Kier alpha value is -3.95. The van der Waals surface area contributed by atoms with Gasteiger partial charge in [-0.15, -0.1) is 0 Å². The molecule has 1 aliphatic carbocycles. The molecule has 47 heavy (non-hydrogen) atoms. The van der Waals surface area contributed by atoms with E-state index in [1.807, 2.05) is 73.7 Å². The monoisotopic (exact) mass is 715 g/mol. The van der Waals surface area contributed by atoms with Crippen LogP contribution >= 0.6 is 15.9 Å². The van der Waals surface area contributed by atoms with E-state index in [1.54, 1.807) is 35.2 Å². The van der Waals surface area contributed by atoms with Crippen LogP contribution in [0.15, 0.2) is 119 Å². The number of benzene rings is 4. The van der Waals surface area contributed by atoms with Crippen molar-refractivity contribution in [1.29, 1.82) is 0 Å². The minimum absolute atomic E-state index is 0.0457. The molecule has 7 nitrogen and oxygen atoms in total. The van der Waals surface area contributed by atoms with Crippen LogP contribution in [0.1, 0.15) is 55.7 Å². The Morgan fingerprint density at radius 1 is 0.809 bits per heavy atom. The quantitative estimate of drug-likeness (QED) is 0.158. The summed E-state index contributed by atoms with van der Waals surface area (Å²) in [6.45, 7) is 1.68. The fraction of sp³-hybridized carbons (Fsp3) is 0.316. The summed E-state index contributed by atoms with van der Waals surface area (Å²) in [7, 11) is -4.13. The average molecular weight is 717 g/mol. The molecule has 0 bridgehead atoms. The maximum Gasteiger partial charge on any atom is 0.264 e. The van der Waals surface area contributed by atoms with Gasteiger partial charge in [0.15, 0.2) is 0 Å². The zero-order valence-corrected chi connectivity index (χ0v) is 29.1. The van der Waals surface area contributed by atoms with Crippen molar-refractivity contribution in [2.75, 3.05) is 10.8 Å². The van der Waals surface area contributed by atoms with Crippen molar-refractivity contribution >= 4 is 43.5 Å². The molecule has 0 saturated heterocycles. The van der Waals surface area contributed by atoms with Crippen LogP contribution in [0.25, 0.3) is 0 Å². The van der Waals surface area contributed by atoms with Crippen LogP contribution in [0.5, 0.6) is 0 Å². The maximum absolute atomic E-state index is 14.7. The van der Waals surface area contributed by atoms with Crippen molar-refractivity contribution < 1.29 is 18.0 Å². The number of anilines is 1. The molecule has 0 unspecified atom stereocenters. The molecule has 1 aliphatic rings. The number of hydrogen-bond acceptors (Lipinski definition) is 4. The molecule has 5 rings (SSSR count). The number of carbonyl (C=O) groups excluding carboxylic acids is 2. The third kappa shape index (κ3) is 9.11. The summed E-state index contributed by atoms with van der Waals surface area (Å²) in [5.74, 6) is -0.697. The number of halogens is 1. The highest BCUT2D eigenvalue weighted by molar-refractivity contribution is 9.10. The van der Waals surface area contributed by atoms with Gasteiger partial charge in [0.05, 0.1) is 10.6 Å². The lowest BCUT2D eigenvalue weighted by atomic mass is 9.94. The van der Waals surface area contributed by atoms with Crippen molar-refractivity contribution in [3.05, 3.63) is 130 Å². The molecule has 1 saturated carbocycles. The van der Waals surface area contributed by atoms with E-state index in [4.69, 9.17) is 0 Å². The van der Waals surface area contributed by atoms with Gasteiger partial charge in [0.2, 0.25) is 11.8 Å². The van der Waals surface area contributed by atoms with Gasteiger partial charge in [0, 0.05) is 23.5 Å². The van der Waals surface area contributed by atoms with Crippen molar-refractivity contribution in [1.82, 2.24) is 10.2 Å². The highest BCUT2D eigenvalue weighted by Crippen LogP contribution is 2.26. The first-order chi connectivity index (χ1) is 22.7. The minimum atomic E-state index is -4.13. The first kappa shape index (κ1) is 34.4. The summed E-state index contributed by atoms with van der Waals surface area (Å²) in [6, 6.07) is 31.8. The van der Waals surface area contributed by atoms with Crippen LogP contribution in [0.2, 0.25) is 0 Å². The van der Waals surface area contributed by atoms with Crippen LogP contribution < -0.4 is 9.62 Å². The lowest BCUT2D eigenvalue weighted by Crippen LogP contribution is -2.55. The lowest BCUT2D eigenvalue weighted by molar-refractivity contribution is -0.140. The number of nitrogens with zero attached hydrogens (tertiary/aromatic N) is 2. The van der Waals surface area contributed by atoms with E-state index in [0.717, 1.165) is 64.0 Å². The maximum atomic E-state index is 14.7. The molecule has 1 fully saturated rings. The molecule has 4 aromatic carbocycles. The molecule has 1 atom stereocenters. The van der Waals surface area contributed by atoms with Crippen LogP contribution in [0, 0.1) is 0 Å². The van der Waals surface area contributed by atoms with Gasteiger partial charge in [0.1, 0.15) is 12.6 Å². The van der Waals surface area contributed by atoms with Gasteiger partial charge in [-0.3, -0.25) is 13.9 Å². The van der Waals surface area contributed by atoms with E-state index in [1.165, 1.54) is 12.1 Å². The van der Waals surface area contributed by atoms with Crippen LogP contribution in [-0.2, 0) is 39.0 Å². The largest absolute Gasteiger partial charge is 0.352 e. The van der Waals surface area contributed by atoms with Gasteiger partial charge in [-0.2, -0.15) is 0 Å². The number of nitrogens with one attached hydrogen (secondary N) is 1. The van der Waals surface area contributed by atoms with Crippen LogP contribution in [0.3, 0.4) is 0 Å². The van der Waals surface area contributed by atoms with E-state index in [2.05, 4.69) is 21.2 Å². The number of carbonyl (C=O) groups is 2. The summed E-state index contributed by atoms with van der Waals surface area (Å²) >= 11 is 3.54. The predicted octanol–water partition coefficient (Wildman–Crippen LogP) is 7.30. The van der Waals surface area contributed by atoms with Gasteiger partial charge < -0.3 is 10.2 Å². The van der Waals surface area contributed by atoms with Gasteiger partial charge in [-0.25, -0.2) is 8.42 Å². The Kier molecular flexibility index (Phi) is 11.9. The first-order valence-corrected chi connectivity index (χ1v) is 18.5. The Morgan fingerprint density at radius 2 is 1.45 bits per heavy atom. The number of sulfonamides is 1. The Balaban J connectivity index is 1.56. The van der Waals surface area contributed by atoms with E-state index in [9.17, 15) is 18.0 Å². The molecule has 9 heteroatoms. The van der Waals surface area contributed by atoms with E-state index >= 15 is 0 Å². The van der Waals surface area contributed by atoms with Crippen molar-refractivity contribution in [3.63, 3.8) is 0 Å². The zero-order chi connectivity index (χ0) is 33.2. The van der Waals surface area contributed by atoms with Crippen LogP contribution in [0.4, 0.5) is 5.69 Å². The fourth-order valence-electron chi connectivity index (χ4n) is 6.08. The minimum Gasteiger partial charge on any atom is -0.352 e. The van der Waals surface area contributed by atoms with Gasteiger partial charge in [-0.05, 0) is 72.4 Å². The summed E-state index contributed by atoms with van der Waals surface area (Å²) in [6.07, 6.45) is 6.15. The third-order valence-electron chi connectivity index (χ3n) is 8.71. The second kappa shape index (κ2) is 16.2. The van der Waals surface area contributed by atoms with Crippen molar-refractivity contribution in [2.24, 2.45) is 0 Å². The van der Waals surface area contributed by atoms with Gasteiger partial charge in [-0.1, -0.05) is 115 Å². The molecule has 0 radical (unpaired) electrons. The fourth-order valence-corrected chi connectivity index (χ4v) is 7.96. The van der Waals surface area contributed by atoms with Crippen molar-refractivity contribution in [2.45, 2.75) is 75.4 Å². The summed E-state index contributed by atoms with van der Waals surface area (Å²) in [4.78, 5) is 30.5. The lowest BCUT2D eigenvalue weighted by Gasteiger charge is -2.35. The number of rotatable bonds is 13. The summed E-state index contributed by atoms with van der Waals surface area (Å²) < 4.78 is 30.4. The number of amides is 2. The SMILES string of the molecule is CCc1ccc(N(CC(=O)N(Cc2cccc(Br)c2)[C@@H](Cc2ccccc2)C(=O)NC2CCCCC2)S(=O)(=O)c2ccccc2)cc1. The third-order valence-corrected chi connectivity index (χ3v) is 11.0. The molecule has 0 spiro atoms. The van der Waals surface area contributed by atoms with E-state index in [0.29, 0.717) is 5.69 Å². The smallest absolute Gasteiger partial charge is 0.264 e. The molecule has 0 aliphatic heterocycles. The second-order valence-electron chi connectivity index (χ2n) is 12.0. The topological polar surface area (TPSA) is 86.8 Å². The number of aryl methyl sites for hydroxylation is 1.